The molecule has 11 heavy (non-hydrogen) atoms. The molecule has 1 unspecified atom stereocenters. The third-order valence-corrected chi connectivity index (χ3v) is 2.16. The average Bonchev–Trinajstić information content (AvgIpc) is 2.05. The van der Waals surface area contributed by atoms with Gasteiger partial charge in [0.1, 0.15) is 0 Å². The Bertz CT molecular complexity index is 149. The first-order valence-corrected chi connectivity index (χ1v) is 3.98. The van der Waals surface area contributed by atoms with E-state index >= 15 is 0 Å². The molecule has 1 aliphatic rings. The van der Waals surface area contributed by atoms with Gasteiger partial charge in [-0.3, -0.25) is 0 Å². The van der Waals surface area contributed by atoms with Gasteiger partial charge in [-0.1, -0.05) is 0 Å². The van der Waals surface area contributed by atoms with Gasteiger partial charge in [0.15, 0.2) is 0 Å². The van der Waals surface area contributed by atoms with Gasteiger partial charge in [0.05, 0.1) is 0 Å². The van der Waals surface area contributed by atoms with Gasteiger partial charge in [-0.15, -0.1) is 0 Å². The number of hydrogen-bond donors (Lipinski definition) is 2. The SMILES string of the molecule is NCC1CCCN(C(N)=O)C1. The van der Waals surface area contributed by atoms with Gasteiger partial charge in [0.25, 0.3) is 0 Å². The van der Waals surface area contributed by atoms with E-state index in [1.54, 1.807) is 4.90 Å². The Hall–Kier alpha value is -0.770. The van der Waals surface area contributed by atoms with Crippen molar-refractivity contribution in [3.05, 3.63) is 0 Å². The fraction of sp³-hybridized carbons (Fsp3) is 0.857. The fourth-order valence-corrected chi connectivity index (χ4v) is 1.46. The molecule has 1 rings (SSSR count). The quantitative estimate of drug-likeness (QED) is 0.550. The fourth-order valence-electron chi connectivity index (χ4n) is 1.46. The number of hydrogen-bond acceptors (Lipinski definition) is 2. The van der Waals surface area contributed by atoms with Gasteiger partial charge < -0.3 is 16.4 Å². The van der Waals surface area contributed by atoms with Crippen LogP contribution < -0.4 is 11.5 Å². The van der Waals surface area contributed by atoms with Crippen molar-refractivity contribution in [3.63, 3.8) is 0 Å². The lowest BCUT2D eigenvalue weighted by Crippen LogP contribution is -2.44. The Morgan fingerprint density at radius 2 is 2.36 bits per heavy atom. The van der Waals surface area contributed by atoms with Gasteiger partial charge in [-0.05, 0) is 25.3 Å². The first kappa shape index (κ1) is 8.33. The standard InChI is InChI=1S/C7H15N3O/c8-4-6-2-1-3-10(5-6)7(9)11/h6H,1-5,8H2,(H2,9,11). The van der Waals surface area contributed by atoms with Crippen molar-refractivity contribution in [1.29, 1.82) is 0 Å². The monoisotopic (exact) mass is 157 g/mol. The Labute approximate surface area is 66.5 Å². The Morgan fingerprint density at radius 3 is 2.91 bits per heavy atom. The highest BCUT2D eigenvalue weighted by atomic mass is 16.2. The summed E-state index contributed by atoms with van der Waals surface area (Å²) in [6.45, 7) is 2.20. The molecule has 1 saturated heterocycles. The molecule has 0 radical (unpaired) electrons. The third kappa shape index (κ3) is 2.08. The summed E-state index contributed by atoms with van der Waals surface area (Å²) in [7, 11) is 0. The van der Waals surface area contributed by atoms with Crippen molar-refractivity contribution < 1.29 is 4.79 Å². The van der Waals surface area contributed by atoms with E-state index in [1.165, 1.54) is 0 Å². The second kappa shape index (κ2) is 3.57. The first-order chi connectivity index (χ1) is 5.24. The number of nitrogens with two attached hydrogens (primary N) is 2. The van der Waals surface area contributed by atoms with Crippen molar-refractivity contribution in [3.8, 4) is 0 Å². The lowest BCUT2D eigenvalue weighted by molar-refractivity contribution is 0.176. The van der Waals surface area contributed by atoms with Crippen LogP contribution >= 0.6 is 0 Å². The number of urea groups is 1. The third-order valence-electron chi connectivity index (χ3n) is 2.16. The van der Waals surface area contributed by atoms with Gasteiger partial charge in [0.2, 0.25) is 0 Å². The molecule has 0 aliphatic carbocycles. The van der Waals surface area contributed by atoms with E-state index in [1.807, 2.05) is 0 Å². The molecule has 2 amide bonds. The molecule has 0 aromatic carbocycles. The van der Waals surface area contributed by atoms with E-state index in [4.69, 9.17) is 11.5 Å². The summed E-state index contributed by atoms with van der Waals surface area (Å²) in [5.41, 5.74) is 10.6. The summed E-state index contributed by atoms with van der Waals surface area (Å²) in [5, 5.41) is 0. The predicted molar refractivity (Wildman–Crippen MR) is 42.9 cm³/mol. The number of carbonyl (C=O) groups excluding carboxylic acids is 1. The maximum atomic E-state index is 10.7. The summed E-state index contributed by atoms with van der Waals surface area (Å²) in [5.74, 6) is 0.455. The molecule has 4 N–H and O–H groups in total. The normalized spacial score (nSPS) is 25.2. The Morgan fingerprint density at radius 1 is 1.64 bits per heavy atom. The molecular weight excluding hydrogens is 142 g/mol. The molecule has 1 aliphatic heterocycles. The summed E-state index contributed by atoms with van der Waals surface area (Å²) < 4.78 is 0. The van der Waals surface area contributed by atoms with Crippen molar-refractivity contribution in [2.24, 2.45) is 17.4 Å². The highest BCUT2D eigenvalue weighted by Gasteiger charge is 2.20. The van der Waals surface area contributed by atoms with Crippen LogP contribution in [0.4, 0.5) is 4.79 Å². The van der Waals surface area contributed by atoms with Gasteiger partial charge in [-0.2, -0.15) is 0 Å². The van der Waals surface area contributed by atoms with Gasteiger partial charge in [-0.25, -0.2) is 4.79 Å². The second-order valence-corrected chi connectivity index (χ2v) is 3.03. The molecule has 0 saturated carbocycles. The number of amides is 2. The summed E-state index contributed by atoms with van der Waals surface area (Å²) in [4.78, 5) is 12.4. The molecule has 4 heteroatoms. The number of primary amides is 1. The number of likely N-dealkylation sites (tertiary alicyclic amines) is 1. The van der Waals surface area contributed by atoms with Crippen molar-refractivity contribution in [2.75, 3.05) is 19.6 Å². The zero-order valence-corrected chi connectivity index (χ0v) is 6.62. The van der Waals surface area contributed by atoms with Crippen LogP contribution in [-0.4, -0.2) is 30.6 Å². The van der Waals surface area contributed by atoms with Crippen LogP contribution in [0.25, 0.3) is 0 Å². The van der Waals surface area contributed by atoms with E-state index in [2.05, 4.69) is 0 Å². The molecule has 1 heterocycles. The number of rotatable bonds is 1. The molecular formula is C7H15N3O. The van der Waals surface area contributed by atoms with Crippen LogP contribution in [0.1, 0.15) is 12.8 Å². The summed E-state index contributed by atoms with van der Waals surface area (Å²) in [6.07, 6.45) is 2.16. The predicted octanol–water partition coefficient (Wildman–Crippen LogP) is -0.264. The number of carbonyl (C=O) groups is 1. The van der Waals surface area contributed by atoms with E-state index in [0.29, 0.717) is 12.5 Å². The average molecular weight is 157 g/mol. The molecule has 0 aromatic heterocycles. The summed E-state index contributed by atoms with van der Waals surface area (Å²) >= 11 is 0. The Balaban J connectivity index is 2.39. The van der Waals surface area contributed by atoms with Crippen LogP contribution in [0.5, 0.6) is 0 Å². The van der Waals surface area contributed by atoms with Crippen molar-refractivity contribution in [1.82, 2.24) is 4.90 Å². The molecule has 1 fully saturated rings. The molecule has 4 nitrogen and oxygen atoms in total. The number of piperidine rings is 1. The minimum atomic E-state index is -0.317. The lowest BCUT2D eigenvalue weighted by atomic mass is 9.99. The minimum Gasteiger partial charge on any atom is -0.351 e. The lowest BCUT2D eigenvalue weighted by Gasteiger charge is -2.30. The molecule has 64 valence electrons. The molecule has 0 spiro atoms. The largest absolute Gasteiger partial charge is 0.351 e. The van der Waals surface area contributed by atoms with E-state index < -0.39 is 0 Å². The molecule has 0 aromatic rings. The highest BCUT2D eigenvalue weighted by molar-refractivity contribution is 5.72. The Kier molecular flexibility index (Phi) is 2.70. The van der Waals surface area contributed by atoms with Gasteiger partial charge >= 0.3 is 6.03 Å². The topological polar surface area (TPSA) is 72.3 Å². The molecule has 1 atom stereocenters. The zero-order chi connectivity index (χ0) is 8.27. The van der Waals surface area contributed by atoms with Crippen LogP contribution in [-0.2, 0) is 0 Å². The highest BCUT2D eigenvalue weighted by Crippen LogP contribution is 2.14. The number of nitrogens with zero attached hydrogens (tertiary/aromatic N) is 1. The summed E-state index contributed by atoms with van der Waals surface area (Å²) in [6, 6.07) is -0.317. The van der Waals surface area contributed by atoms with E-state index in [-0.39, 0.29) is 6.03 Å². The van der Waals surface area contributed by atoms with Crippen LogP contribution in [0.15, 0.2) is 0 Å². The second-order valence-electron chi connectivity index (χ2n) is 3.03. The maximum absolute atomic E-state index is 10.7. The van der Waals surface area contributed by atoms with E-state index in [0.717, 1.165) is 25.9 Å². The van der Waals surface area contributed by atoms with Crippen LogP contribution in [0.2, 0.25) is 0 Å². The smallest absolute Gasteiger partial charge is 0.314 e. The van der Waals surface area contributed by atoms with Crippen molar-refractivity contribution >= 4 is 6.03 Å². The zero-order valence-electron chi connectivity index (χ0n) is 6.62. The minimum absolute atomic E-state index is 0.317. The van der Waals surface area contributed by atoms with E-state index in [9.17, 15) is 4.79 Å². The molecule has 0 bridgehead atoms. The van der Waals surface area contributed by atoms with Crippen molar-refractivity contribution in [2.45, 2.75) is 12.8 Å². The maximum Gasteiger partial charge on any atom is 0.314 e. The first-order valence-electron chi connectivity index (χ1n) is 3.98. The van der Waals surface area contributed by atoms with Gasteiger partial charge in [0, 0.05) is 13.1 Å². The van der Waals surface area contributed by atoms with Crippen LogP contribution in [0.3, 0.4) is 0 Å². The van der Waals surface area contributed by atoms with Crippen LogP contribution in [0, 0.1) is 5.92 Å².